The molecule has 5 rings (SSSR count). The number of nitrogens with one attached hydrogen (secondary N) is 4. The van der Waals surface area contributed by atoms with Crippen LogP contribution in [0.3, 0.4) is 0 Å². The van der Waals surface area contributed by atoms with Gasteiger partial charge in [0.1, 0.15) is 17.3 Å². The first-order valence-corrected chi connectivity index (χ1v) is 16.5. The van der Waals surface area contributed by atoms with Gasteiger partial charge >= 0.3 is 28.2 Å². The second kappa shape index (κ2) is 13.1. The summed E-state index contributed by atoms with van der Waals surface area (Å²) in [6.07, 6.45) is 0.974. The fraction of sp³-hybridized carbons (Fsp3) is 0.269. The Bertz CT molecular complexity index is 2220. The first-order chi connectivity index (χ1) is 23.8. The zero-order valence-corrected chi connectivity index (χ0v) is 27.7. The van der Waals surface area contributed by atoms with E-state index in [0.717, 1.165) is 43.5 Å². The molecule has 3 aromatic rings. The molecule has 2 fully saturated rings. The fourth-order valence-electron chi connectivity index (χ4n) is 4.40. The topological polar surface area (TPSA) is 336 Å². The molecule has 2 saturated heterocycles. The summed E-state index contributed by atoms with van der Waals surface area (Å²) in [5, 5.41) is 36.2. The van der Waals surface area contributed by atoms with Crippen molar-refractivity contribution in [3.8, 4) is 11.5 Å². The number of imide groups is 1. The molecule has 0 saturated carbocycles. The minimum absolute atomic E-state index is 0.0263. The van der Waals surface area contributed by atoms with Gasteiger partial charge in [-0.05, 0) is 19.9 Å². The molecule has 51 heavy (non-hydrogen) atoms. The van der Waals surface area contributed by atoms with E-state index >= 15 is 0 Å². The van der Waals surface area contributed by atoms with Crippen LogP contribution in [-0.4, -0.2) is 121 Å². The number of nitrogens with zero attached hydrogens (tertiary/aromatic N) is 5. The molecule has 1 atom stereocenters. The van der Waals surface area contributed by atoms with Gasteiger partial charge < -0.3 is 36.2 Å². The Kier molecular flexibility index (Phi) is 9.18. The lowest BCUT2D eigenvalue weighted by atomic mass is 10.1. The molecule has 4 heterocycles. The van der Waals surface area contributed by atoms with E-state index in [9.17, 15) is 57.3 Å². The van der Waals surface area contributed by atoms with Crippen LogP contribution in [0.15, 0.2) is 33.7 Å². The molecule has 0 bridgehead atoms. The van der Waals surface area contributed by atoms with Gasteiger partial charge in [0.05, 0.1) is 30.5 Å². The highest BCUT2D eigenvalue weighted by molar-refractivity contribution is 7.88. The molecule has 2 aromatic heterocycles. The number of carbonyl (C=O) groups excluding carboxylic acids is 5. The smallest absolute Gasteiger partial charge is 0.353 e. The number of carbonyl (C=O) groups is 6. The number of β-lactam (4-membered cyclic amide) rings is 1. The van der Waals surface area contributed by atoms with Gasteiger partial charge in [0.25, 0.3) is 17.7 Å². The van der Waals surface area contributed by atoms with Gasteiger partial charge in [-0.1, -0.05) is 5.16 Å². The van der Waals surface area contributed by atoms with Gasteiger partial charge in [-0.25, -0.2) is 33.4 Å². The Labute approximate surface area is 288 Å². The third kappa shape index (κ3) is 6.99. The molecule has 0 radical (unpaired) electrons. The molecule has 9 N–H and O–H groups in total. The lowest BCUT2D eigenvalue weighted by Gasteiger charge is -2.36. The molecule has 2 aliphatic heterocycles. The van der Waals surface area contributed by atoms with Crippen molar-refractivity contribution in [2.75, 3.05) is 25.4 Å². The number of anilines is 1. The van der Waals surface area contributed by atoms with E-state index in [2.05, 4.69) is 25.9 Å². The first-order valence-electron chi connectivity index (χ1n) is 14.2. The van der Waals surface area contributed by atoms with Crippen LogP contribution in [0.2, 0.25) is 0 Å². The minimum Gasteiger partial charge on any atom is -0.504 e. The average molecular weight is 751 g/mol. The SMILES string of the molecule is CC(C)(O/N=C(/C(=O)NC1CN(C(=O)NS(=O)(=O)N2CCN(NC(=O)c3c[nH]c4cc(O)c(O)cc4c3=O)C2=O)C1=O)c1csc(N)n1)C(=O)O. The number of hydrogen-bond donors (Lipinski definition) is 8. The van der Waals surface area contributed by atoms with Gasteiger partial charge in [0.2, 0.25) is 11.0 Å². The molecule has 0 spiro atoms. The lowest BCUT2D eigenvalue weighted by molar-refractivity contribution is -0.161. The van der Waals surface area contributed by atoms with E-state index in [1.807, 2.05) is 0 Å². The second-order valence-corrected chi connectivity index (χ2v) is 13.7. The number of nitrogens with two attached hydrogens (primary N) is 1. The number of urea groups is 2. The Balaban J connectivity index is 1.19. The number of amides is 7. The van der Waals surface area contributed by atoms with E-state index in [-0.39, 0.29) is 26.0 Å². The molecule has 270 valence electrons. The van der Waals surface area contributed by atoms with Crippen molar-refractivity contribution in [1.29, 1.82) is 0 Å². The molecule has 25 heteroatoms. The van der Waals surface area contributed by atoms with Gasteiger partial charge in [-0.3, -0.25) is 29.5 Å². The number of aliphatic carboxylic acids is 1. The highest BCUT2D eigenvalue weighted by atomic mass is 32.2. The third-order valence-corrected chi connectivity index (χ3v) is 9.30. The molecule has 7 amide bonds. The second-order valence-electron chi connectivity index (χ2n) is 11.2. The number of thiazole rings is 1. The van der Waals surface area contributed by atoms with Crippen molar-refractivity contribution in [1.82, 2.24) is 39.6 Å². The molecule has 1 aromatic carbocycles. The maximum Gasteiger partial charge on any atom is 0.353 e. The van der Waals surface area contributed by atoms with Crippen LogP contribution in [0, 0.1) is 0 Å². The van der Waals surface area contributed by atoms with Crippen molar-refractivity contribution >= 4 is 79.0 Å². The number of nitrogen functional groups attached to an aromatic ring is 1. The number of fused-ring (bicyclic) bond motifs is 1. The Morgan fingerprint density at radius 3 is 2.45 bits per heavy atom. The molecule has 1 unspecified atom stereocenters. The summed E-state index contributed by atoms with van der Waals surface area (Å²) in [6.45, 7) is 0.790. The number of oxime groups is 1. The highest BCUT2D eigenvalue weighted by Gasteiger charge is 2.46. The summed E-state index contributed by atoms with van der Waals surface area (Å²) in [7, 11) is -4.96. The number of aromatic nitrogens is 2. The number of phenolic OH excluding ortho intramolecular Hbond substituents is 2. The van der Waals surface area contributed by atoms with E-state index in [1.54, 1.807) is 4.72 Å². The van der Waals surface area contributed by atoms with Gasteiger partial charge in [0.15, 0.2) is 22.3 Å². The van der Waals surface area contributed by atoms with Crippen LogP contribution in [-0.2, 0) is 29.4 Å². The summed E-state index contributed by atoms with van der Waals surface area (Å²) in [5.74, 6) is -5.84. The number of phenols is 2. The number of carboxylic acids is 1. The number of aromatic amines is 1. The number of hydrazine groups is 1. The number of aromatic hydroxyl groups is 2. The van der Waals surface area contributed by atoms with Crippen LogP contribution in [0.4, 0.5) is 14.7 Å². The lowest BCUT2D eigenvalue weighted by Crippen LogP contribution is -2.68. The largest absolute Gasteiger partial charge is 0.504 e. The predicted molar refractivity (Wildman–Crippen MR) is 171 cm³/mol. The number of likely N-dealkylation sites (tertiary alicyclic amines) is 1. The summed E-state index contributed by atoms with van der Waals surface area (Å²) in [5.41, 5.74) is 3.82. The Morgan fingerprint density at radius 1 is 1.14 bits per heavy atom. The standard InChI is InChI=1S/C26H26N10O13S2/c1-26(2,22(43)44)49-32-17(14-9-50-23(27)30-14)20(41)29-13-8-34(21(13)42)24(45)33-51(47,48)36-4-3-35(25(36)46)31-19(40)11-7-28-12-6-16(38)15(37)5-10(12)18(11)39/h5-7,9,13,37-38H,3-4,8H2,1-2H3,(H2,27,30)(H,28,39)(H,29,41)(H,31,40)(H,33,45)(H,43,44)/b32-17+. The Hall–Kier alpha value is -6.50. The Morgan fingerprint density at radius 2 is 1.82 bits per heavy atom. The van der Waals surface area contributed by atoms with E-state index in [0.29, 0.717) is 9.91 Å². The third-order valence-electron chi connectivity index (χ3n) is 7.27. The van der Waals surface area contributed by atoms with Crippen molar-refractivity contribution in [2.45, 2.75) is 25.5 Å². The zero-order chi connectivity index (χ0) is 37.6. The van der Waals surface area contributed by atoms with Crippen molar-refractivity contribution in [3.05, 3.63) is 45.2 Å². The highest BCUT2D eigenvalue weighted by Crippen LogP contribution is 2.28. The van der Waals surface area contributed by atoms with Crippen LogP contribution < -0.4 is 26.6 Å². The molecule has 0 aliphatic carbocycles. The average Bonchev–Trinajstić information content (AvgIpc) is 3.64. The van der Waals surface area contributed by atoms with E-state index < -0.39 is 105 Å². The first kappa shape index (κ1) is 35.8. The summed E-state index contributed by atoms with van der Waals surface area (Å²) < 4.78 is 27.6. The summed E-state index contributed by atoms with van der Waals surface area (Å²) in [4.78, 5) is 100. The number of carboxylic acid groups (broad SMARTS) is 1. The van der Waals surface area contributed by atoms with Gasteiger partial charge in [0, 0.05) is 17.6 Å². The van der Waals surface area contributed by atoms with Crippen molar-refractivity contribution in [2.24, 2.45) is 5.16 Å². The predicted octanol–water partition coefficient (Wildman–Crippen LogP) is -2.07. The monoisotopic (exact) mass is 750 g/mol. The number of H-pyrrole nitrogens is 1. The fourth-order valence-corrected chi connectivity index (χ4v) is 6.02. The van der Waals surface area contributed by atoms with E-state index in [4.69, 9.17) is 10.6 Å². The quantitative estimate of drug-likeness (QED) is 0.0477. The maximum absolute atomic E-state index is 13.0. The number of hydrogen-bond acceptors (Lipinski definition) is 16. The zero-order valence-electron chi connectivity index (χ0n) is 26.1. The molecular formula is C26H26N10O13S2. The van der Waals surface area contributed by atoms with Gasteiger partial charge in [-0.2, -0.15) is 8.42 Å². The van der Waals surface area contributed by atoms with Crippen LogP contribution in [0.5, 0.6) is 11.5 Å². The molecule has 2 aliphatic rings. The number of benzene rings is 1. The summed E-state index contributed by atoms with van der Waals surface area (Å²) in [6, 6.07) is -2.21. The number of pyridine rings is 1. The summed E-state index contributed by atoms with van der Waals surface area (Å²) >= 11 is 0.921. The van der Waals surface area contributed by atoms with E-state index in [1.165, 1.54) is 5.38 Å². The van der Waals surface area contributed by atoms with Crippen LogP contribution in [0.1, 0.15) is 29.9 Å². The van der Waals surface area contributed by atoms with Crippen molar-refractivity contribution in [3.63, 3.8) is 0 Å². The molecular weight excluding hydrogens is 724 g/mol. The molecule has 23 nitrogen and oxygen atoms in total. The normalized spacial score (nSPS) is 16.5. The van der Waals surface area contributed by atoms with Crippen molar-refractivity contribution < 1.29 is 57.3 Å². The van der Waals surface area contributed by atoms with Crippen LogP contribution >= 0.6 is 11.3 Å². The number of rotatable bonds is 10. The minimum atomic E-state index is -4.96. The van der Waals surface area contributed by atoms with Gasteiger partial charge in [-0.15, -0.1) is 11.3 Å². The van der Waals surface area contributed by atoms with Crippen LogP contribution in [0.25, 0.3) is 10.9 Å². The maximum atomic E-state index is 13.0.